The Balaban J connectivity index is 1.97. The van der Waals surface area contributed by atoms with Gasteiger partial charge in [0.2, 0.25) is 0 Å². The standard InChI is InChI=1S/C15H21NO4/c1-2-10-19-13-8-5-9-16(15(13)18)11-14(17)20-12-6-3-4-7-12/h5,8-9,12H,2-4,6-7,10-11H2,1H3. The lowest BCUT2D eigenvalue weighted by Crippen LogP contribution is -2.27. The molecule has 1 saturated carbocycles. The maximum Gasteiger partial charge on any atom is 0.326 e. The van der Waals surface area contributed by atoms with Crippen molar-refractivity contribution in [1.29, 1.82) is 0 Å². The molecule has 1 aliphatic carbocycles. The predicted octanol–water partition coefficient (Wildman–Crippen LogP) is 2.12. The first kappa shape index (κ1) is 14.6. The van der Waals surface area contributed by atoms with Gasteiger partial charge in [-0.05, 0) is 44.2 Å². The lowest BCUT2D eigenvalue weighted by molar-refractivity contribution is -0.149. The fourth-order valence-corrected chi connectivity index (χ4v) is 2.33. The first-order valence-corrected chi connectivity index (χ1v) is 7.22. The number of carbonyl (C=O) groups is 1. The highest BCUT2D eigenvalue weighted by Gasteiger charge is 2.19. The summed E-state index contributed by atoms with van der Waals surface area (Å²) in [5.41, 5.74) is -0.288. The van der Waals surface area contributed by atoms with Crippen LogP contribution in [0, 0.1) is 0 Å². The Kier molecular flexibility index (Phi) is 5.21. The Bertz CT molecular complexity index is 503. The van der Waals surface area contributed by atoms with Gasteiger partial charge in [-0.1, -0.05) is 6.92 Å². The molecule has 1 aliphatic rings. The summed E-state index contributed by atoms with van der Waals surface area (Å²) in [6, 6.07) is 3.33. The van der Waals surface area contributed by atoms with Crippen molar-refractivity contribution in [2.24, 2.45) is 0 Å². The minimum absolute atomic E-state index is 0.0257. The minimum Gasteiger partial charge on any atom is -0.488 e. The van der Waals surface area contributed by atoms with E-state index in [4.69, 9.17) is 9.47 Å². The number of nitrogens with zero attached hydrogens (tertiary/aromatic N) is 1. The van der Waals surface area contributed by atoms with Gasteiger partial charge >= 0.3 is 5.97 Å². The molecule has 20 heavy (non-hydrogen) atoms. The number of aromatic nitrogens is 1. The van der Waals surface area contributed by atoms with Crippen molar-refractivity contribution in [3.05, 3.63) is 28.7 Å². The first-order valence-electron chi connectivity index (χ1n) is 7.22. The molecule has 1 aromatic heterocycles. The maximum atomic E-state index is 12.1. The molecular formula is C15H21NO4. The van der Waals surface area contributed by atoms with E-state index in [-0.39, 0.29) is 29.9 Å². The zero-order chi connectivity index (χ0) is 14.4. The average molecular weight is 279 g/mol. The van der Waals surface area contributed by atoms with Gasteiger partial charge in [0.1, 0.15) is 12.6 Å². The first-order chi connectivity index (χ1) is 9.70. The van der Waals surface area contributed by atoms with Gasteiger partial charge in [-0.15, -0.1) is 0 Å². The number of carbonyl (C=O) groups excluding carboxylic acids is 1. The Morgan fingerprint density at radius 3 is 2.85 bits per heavy atom. The highest BCUT2D eigenvalue weighted by molar-refractivity contribution is 5.69. The topological polar surface area (TPSA) is 57.5 Å². The molecule has 110 valence electrons. The molecule has 0 saturated heterocycles. The van der Waals surface area contributed by atoms with Crippen LogP contribution in [0.25, 0.3) is 0 Å². The number of ether oxygens (including phenoxy) is 2. The van der Waals surface area contributed by atoms with Gasteiger partial charge in [0.05, 0.1) is 6.61 Å². The Labute approximate surface area is 118 Å². The quantitative estimate of drug-likeness (QED) is 0.748. The van der Waals surface area contributed by atoms with Crippen molar-refractivity contribution in [3.8, 4) is 5.75 Å². The third kappa shape index (κ3) is 3.85. The summed E-state index contributed by atoms with van der Waals surface area (Å²) in [7, 11) is 0. The SMILES string of the molecule is CCCOc1cccn(CC(=O)OC2CCCC2)c1=O. The van der Waals surface area contributed by atoms with Crippen LogP contribution in [0.15, 0.2) is 23.1 Å². The summed E-state index contributed by atoms with van der Waals surface area (Å²) in [4.78, 5) is 23.9. The monoisotopic (exact) mass is 279 g/mol. The number of pyridine rings is 1. The molecule has 1 heterocycles. The van der Waals surface area contributed by atoms with E-state index < -0.39 is 0 Å². The fourth-order valence-electron chi connectivity index (χ4n) is 2.33. The molecule has 0 radical (unpaired) electrons. The summed E-state index contributed by atoms with van der Waals surface area (Å²) in [6.45, 7) is 2.41. The van der Waals surface area contributed by atoms with Crippen LogP contribution in [0.5, 0.6) is 5.75 Å². The van der Waals surface area contributed by atoms with Crippen molar-refractivity contribution in [3.63, 3.8) is 0 Å². The van der Waals surface area contributed by atoms with E-state index in [1.807, 2.05) is 6.92 Å². The van der Waals surface area contributed by atoms with Crippen LogP contribution in [0.4, 0.5) is 0 Å². The van der Waals surface area contributed by atoms with Gasteiger partial charge in [-0.2, -0.15) is 0 Å². The van der Waals surface area contributed by atoms with Crippen LogP contribution < -0.4 is 10.3 Å². The summed E-state index contributed by atoms with van der Waals surface area (Å²) in [6.07, 6.45) is 6.52. The zero-order valence-corrected chi connectivity index (χ0v) is 11.8. The summed E-state index contributed by atoms with van der Waals surface area (Å²) < 4.78 is 12.0. The second kappa shape index (κ2) is 7.12. The summed E-state index contributed by atoms with van der Waals surface area (Å²) in [5.74, 6) is -0.0744. The zero-order valence-electron chi connectivity index (χ0n) is 11.8. The molecule has 0 bridgehead atoms. The highest BCUT2D eigenvalue weighted by Crippen LogP contribution is 2.21. The molecule has 5 heteroatoms. The second-order valence-corrected chi connectivity index (χ2v) is 5.05. The molecule has 0 amide bonds. The number of esters is 1. The van der Waals surface area contributed by atoms with E-state index in [2.05, 4.69) is 0 Å². The molecule has 0 aliphatic heterocycles. The van der Waals surface area contributed by atoms with E-state index in [9.17, 15) is 9.59 Å². The van der Waals surface area contributed by atoms with E-state index in [1.165, 1.54) is 4.57 Å². The van der Waals surface area contributed by atoms with Crippen molar-refractivity contribution < 1.29 is 14.3 Å². The van der Waals surface area contributed by atoms with Crippen LogP contribution in [-0.4, -0.2) is 23.2 Å². The second-order valence-electron chi connectivity index (χ2n) is 5.05. The average Bonchev–Trinajstić information content (AvgIpc) is 2.92. The van der Waals surface area contributed by atoms with Gasteiger partial charge in [0, 0.05) is 6.20 Å². The molecule has 2 rings (SSSR count). The van der Waals surface area contributed by atoms with E-state index >= 15 is 0 Å². The van der Waals surface area contributed by atoms with E-state index in [0.29, 0.717) is 6.61 Å². The number of hydrogen-bond donors (Lipinski definition) is 0. The lowest BCUT2D eigenvalue weighted by atomic mass is 10.3. The summed E-state index contributed by atoms with van der Waals surface area (Å²) in [5, 5.41) is 0. The molecule has 0 spiro atoms. The van der Waals surface area contributed by atoms with Crippen molar-refractivity contribution in [2.75, 3.05) is 6.61 Å². The van der Waals surface area contributed by atoms with Gasteiger partial charge in [-0.3, -0.25) is 9.59 Å². The van der Waals surface area contributed by atoms with Crippen molar-refractivity contribution in [2.45, 2.75) is 51.7 Å². The van der Waals surface area contributed by atoms with Crippen LogP contribution >= 0.6 is 0 Å². The third-order valence-electron chi connectivity index (χ3n) is 3.35. The third-order valence-corrected chi connectivity index (χ3v) is 3.35. The number of rotatable bonds is 6. The fraction of sp³-hybridized carbons (Fsp3) is 0.600. The van der Waals surface area contributed by atoms with Crippen LogP contribution in [0.1, 0.15) is 39.0 Å². The molecule has 0 aromatic carbocycles. The minimum atomic E-state index is -0.355. The van der Waals surface area contributed by atoms with Crippen LogP contribution in [0.3, 0.4) is 0 Å². The lowest BCUT2D eigenvalue weighted by Gasteiger charge is -2.12. The Morgan fingerprint density at radius 2 is 2.15 bits per heavy atom. The van der Waals surface area contributed by atoms with E-state index in [0.717, 1.165) is 32.1 Å². The molecule has 0 atom stereocenters. The maximum absolute atomic E-state index is 12.1. The van der Waals surface area contributed by atoms with Crippen molar-refractivity contribution >= 4 is 5.97 Å². The van der Waals surface area contributed by atoms with Gasteiger partial charge in [0.25, 0.3) is 5.56 Å². The largest absolute Gasteiger partial charge is 0.488 e. The normalized spacial score (nSPS) is 15.2. The molecule has 0 unspecified atom stereocenters. The molecule has 1 fully saturated rings. The summed E-state index contributed by atoms with van der Waals surface area (Å²) >= 11 is 0. The number of hydrogen-bond acceptors (Lipinski definition) is 4. The highest BCUT2D eigenvalue weighted by atomic mass is 16.5. The van der Waals surface area contributed by atoms with Gasteiger partial charge < -0.3 is 14.0 Å². The Morgan fingerprint density at radius 1 is 1.40 bits per heavy atom. The molecule has 0 N–H and O–H groups in total. The molecule has 5 nitrogen and oxygen atoms in total. The van der Waals surface area contributed by atoms with Crippen LogP contribution in [0.2, 0.25) is 0 Å². The van der Waals surface area contributed by atoms with E-state index in [1.54, 1.807) is 18.3 Å². The van der Waals surface area contributed by atoms with Gasteiger partial charge in [-0.25, -0.2) is 0 Å². The smallest absolute Gasteiger partial charge is 0.326 e. The molecular weight excluding hydrogens is 258 g/mol. The van der Waals surface area contributed by atoms with Crippen molar-refractivity contribution in [1.82, 2.24) is 4.57 Å². The van der Waals surface area contributed by atoms with Gasteiger partial charge in [0.15, 0.2) is 5.75 Å². The Hall–Kier alpha value is -1.78. The van der Waals surface area contributed by atoms with Crippen LogP contribution in [-0.2, 0) is 16.1 Å². The molecule has 1 aromatic rings. The predicted molar refractivity (Wildman–Crippen MR) is 74.8 cm³/mol.